The quantitative estimate of drug-likeness (QED) is 0.521. The van der Waals surface area contributed by atoms with Crippen LogP contribution in [0.25, 0.3) is 0 Å². The number of Topliss-reactive ketones (excluding diaryl/α,β-unsaturated/α-hetero) is 1. The molecule has 1 N–H and O–H groups in total. The van der Waals surface area contributed by atoms with Crippen LogP contribution in [-0.4, -0.2) is 65.2 Å². The Bertz CT molecular complexity index is 986. The first-order chi connectivity index (χ1) is 17.5. The van der Waals surface area contributed by atoms with Gasteiger partial charge in [-0.1, -0.05) is 87.7 Å². The standard InChI is InChI=1S/C14H17NO4.C14H17NO2.2CH4/c16-12-6-8-15(9-7-13(12)17)14(18)19-10-11-4-2-1-3-5-11;16-14(15-10-6-1-2-7-11-15)17-12-13-8-4-3-5-9-13;;/h1-5,12,16H,6-10H2;1-5,8-9H,6-7,10-12H2;2*1H4. The van der Waals surface area contributed by atoms with E-state index < -0.39 is 12.2 Å². The van der Waals surface area contributed by atoms with Gasteiger partial charge < -0.3 is 24.4 Å². The van der Waals surface area contributed by atoms with E-state index in [0.717, 1.165) is 37.1 Å². The summed E-state index contributed by atoms with van der Waals surface area (Å²) in [6.07, 6.45) is 4.92. The van der Waals surface area contributed by atoms with E-state index in [1.165, 1.54) is 4.90 Å². The number of carbonyl (C=O) groups is 3. The molecule has 2 aromatic rings. The first kappa shape index (κ1) is 32.4. The molecule has 0 aromatic heterocycles. The lowest BCUT2D eigenvalue weighted by Gasteiger charge is -2.19. The second kappa shape index (κ2) is 17.7. The molecule has 1 unspecified atom stereocenters. The van der Waals surface area contributed by atoms with Gasteiger partial charge in [0.15, 0.2) is 5.78 Å². The molecule has 0 radical (unpaired) electrons. The number of hydrogen-bond donors (Lipinski definition) is 1. The molecule has 2 aromatic carbocycles. The van der Waals surface area contributed by atoms with Crippen LogP contribution in [0.4, 0.5) is 9.59 Å². The number of rotatable bonds is 4. The Kier molecular flexibility index (Phi) is 15.1. The molecule has 0 spiro atoms. The average Bonchev–Trinajstić information content (AvgIpc) is 3.29. The van der Waals surface area contributed by atoms with Gasteiger partial charge in [-0.05, 0) is 30.4 Å². The fraction of sp³-hybridized carbons (Fsp3) is 0.433. The van der Waals surface area contributed by atoms with E-state index >= 15 is 0 Å². The fourth-order valence-corrected chi connectivity index (χ4v) is 3.76. The SMILES string of the molecule is C.C.O=C(OCc1ccccc1)N1CCC=CCC1.O=C1CCN(C(=O)OCc2ccccc2)CCC1O. The Hall–Kier alpha value is -3.65. The number of aliphatic hydroxyl groups is 1. The van der Waals surface area contributed by atoms with Crippen molar-refractivity contribution >= 4 is 18.0 Å². The molecule has 0 saturated carbocycles. The summed E-state index contributed by atoms with van der Waals surface area (Å²) in [4.78, 5) is 38.2. The molecule has 2 aliphatic rings. The third-order valence-electron chi connectivity index (χ3n) is 5.90. The predicted molar refractivity (Wildman–Crippen MR) is 148 cm³/mol. The van der Waals surface area contributed by atoms with Crippen LogP contribution in [0.2, 0.25) is 0 Å². The highest BCUT2D eigenvalue weighted by Crippen LogP contribution is 2.11. The zero-order valence-corrected chi connectivity index (χ0v) is 20.5. The summed E-state index contributed by atoms with van der Waals surface area (Å²) in [7, 11) is 0. The van der Waals surface area contributed by atoms with Gasteiger partial charge in [-0.3, -0.25) is 4.79 Å². The minimum atomic E-state index is -0.952. The highest BCUT2D eigenvalue weighted by atomic mass is 16.6. The first-order valence-electron chi connectivity index (χ1n) is 12.3. The van der Waals surface area contributed by atoms with Crippen LogP contribution in [0.1, 0.15) is 51.7 Å². The van der Waals surface area contributed by atoms with Gasteiger partial charge in [-0.2, -0.15) is 0 Å². The molecule has 1 fully saturated rings. The van der Waals surface area contributed by atoms with Crippen LogP contribution in [0, 0.1) is 0 Å². The molecule has 208 valence electrons. The summed E-state index contributed by atoms with van der Waals surface area (Å²) < 4.78 is 10.5. The Labute approximate surface area is 226 Å². The van der Waals surface area contributed by atoms with Gasteiger partial charge in [-0.15, -0.1) is 0 Å². The molecular formula is C30H42N2O6. The van der Waals surface area contributed by atoms with Crippen molar-refractivity contribution in [2.45, 2.75) is 59.9 Å². The van der Waals surface area contributed by atoms with Gasteiger partial charge in [-0.25, -0.2) is 9.59 Å². The lowest BCUT2D eigenvalue weighted by Crippen LogP contribution is -2.32. The van der Waals surface area contributed by atoms with Gasteiger partial charge in [0, 0.05) is 32.6 Å². The smallest absolute Gasteiger partial charge is 0.410 e. The first-order valence-corrected chi connectivity index (χ1v) is 12.3. The summed E-state index contributed by atoms with van der Waals surface area (Å²) >= 11 is 0. The highest BCUT2D eigenvalue weighted by Gasteiger charge is 2.25. The molecule has 8 heteroatoms. The summed E-state index contributed by atoms with van der Waals surface area (Å²) in [6.45, 7) is 2.73. The number of carbonyl (C=O) groups excluding carboxylic acids is 3. The van der Waals surface area contributed by atoms with E-state index in [0.29, 0.717) is 19.7 Å². The highest BCUT2D eigenvalue weighted by molar-refractivity contribution is 5.84. The zero-order chi connectivity index (χ0) is 25.6. The van der Waals surface area contributed by atoms with E-state index in [9.17, 15) is 19.5 Å². The fourth-order valence-electron chi connectivity index (χ4n) is 3.76. The van der Waals surface area contributed by atoms with E-state index in [4.69, 9.17) is 9.47 Å². The average molecular weight is 527 g/mol. The molecule has 1 atom stereocenters. The van der Waals surface area contributed by atoms with Crippen molar-refractivity contribution in [1.29, 1.82) is 0 Å². The lowest BCUT2D eigenvalue weighted by atomic mass is 10.1. The lowest BCUT2D eigenvalue weighted by molar-refractivity contribution is -0.126. The van der Waals surface area contributed by atoms with Crippen LogP contribution in [0.3, 0.4) is 0 Å². The van der Waals surface area contributed by atoms with Gasteiger partial charge in [0.05, 0.1) is 0 Å². The Balaban J connectivity index is 0.000000363. The summed E-state index contributed by atoms with van der Waals surface area (Å²) in [6, 6.07) is 19.2. The number of ketones is 1. The maximum absolute atomic E-state index is 11.8. The molecule has 0 bridgehead atoms. The molecule has 0 aliphatic carbocycles. The molecule has 2 aliphatic heterocycles. The molecule has 38 heavy (non-hydrogen) atoms. The minimum absolute atomic E-state index is 0. The van der Waals surface area contributed by atoms with Crippen LogP contribution < -0.4 is 0 Å². The monoisotopic (exact) mass is 526 g/mol. The van der Waals surface area contributed by atoms with E-state index in [2.05, 4.69) is 12.2 Å². The van der Waals surface area contributed by atoms with E-state index in [1.807, 2.05) is 60.7 Å². The number of likely N-dealkylation sites (tertiary alicyclic amines) is 1. The topological polar surface area (TPSA) is 96.4 Å². The predicted octanol–water partition coefficient (Wildman–Crippen LogP) is 5.60. The van der Waals surface area contributed by atoms with Crippen molar-refractivity contribution in [1.82, 2.24) is 9.80 Å². The Morgan fingerprint density at radius 2 is 1.18 bits per heavy atom. The maximum atomic E-state index is 11.8. The van der Waals surface area contributed by atoms with Crippen molar-refractivity contribution in [3.63, 3.8) is 0 Å². The summed E-state index contributed by atoms with van der Waals surface area (Å²) in [5.74, 6) is -0.210. The number of hydrogen-bond acceptors (Lipinski definition) is 6. The second-order valence-electron chi connectivity index (χ2n) is 8.62. The molecule has 1 saturated heterocycles. The number of nitrogens with zero attached hydrogens (tertiary/aromatic N) is 2. The minimum Gasteiger partial charge on any atom is -0.445 e. The van der Waals surface area contributed by atoms with Crippen LogP contribution in [0.5, 0.6) is 0 Å². The summed E-state index contributed by atoms with van der Waals surface area (Å²) in [5.41, 5.74) is 1.94. The van der Waals surface area contributed by atoms with Crippen molar-refractivity contribution in [2.75, 3.05) is 26.2 Å². The van der Waals surface area contributed by atoms with Crippen LogP contribution in [0.15, 0.2) is 72.8 Å². The van der Waals surface area contributed by atoms with E-state index in [1.54, 1.807) is 4.90 Å². The number of ether oxygens (including phenoxy) is 2. The van der Waals surface area contributed by atoms with Crippen molar-refractivity contribution in [3.8, 4) is 0 Å². The normalized spacial score (nSPS) is 16.9. The van der Waals surface area contributed by atoms with Gasteiger partial charge >= 0.3 is 12.2 Å². The van der Waals surface area contributed by atoms with Crippen molar-refractivity contribution in [2.24, 2.45) is 0 Å². The van der Waals surface area contributed by atoms with Gasteiger partial charge in [0.25, 0.3) is 0 Å². The van der Waals surface area contributed by atoms with Crippen LogP contribution >= 0.6 is 0 Å². The molecule has 2 amide bonds. The van der Waals surface area contributed by atoms with Crippen LogP contribution in [-0.2, 0) is 27.5 Å². The summed E-state index contributed by atoms with van der Waals surface area (Å²) in [5, 5.41) is 9.44. The maximum Gasteiger partial charge on any atom is 0.410 e. The Morgan fingerprint density at radius 1 is 0.737 bits per heavy atom. The van der Waals surface area contributed by atoms with Crippen molar-refractivity contribution in [3.05, 3.63) is 83.9 Å². The van der Waals surface area contributed by atoms with E-state index in [-0.39, 0.29) is 46.2 Å². The molecule has 8 nitrogen and oxygen atoms in total. The molecule has 4 rings (SSSR count). The third-order valence-corrected chi connectivity index (χ3v) is 5.90. The number of aliphatic hydroxyl groups excluding tert-OH is 1. The number of amides is 2. The second-order valence-corrected chi connectivity index (χ2v) is 8.62. The largest absolute Gasteiger partial charge is 0.445 e. The van der Waals surface area contributed by atoms with Gasteiger partial charge in [0.2, 0.25) is 0 Å². The zero-order valence-electron chi connectivity index (χ0n) is 20.5. The molecule has 2 heterocycles. The Morgan fingerprint density at radius 3 is 1.66 bits per heavy atom. The van der Waals surface area contributed by atoms with Gasteiger partial charge in [0.1, 0.15) is 19.3 Å². The number of benzene rings is 2. The van der Waals surface area contributed by atoms with Crippen molar-refractivity contribution < 1.29 is 29.0 Å². The molecular weight excluding hydrogens is 484 g/mol. The third kappa shape index (κ3) is 11.2.